The lowest BCUT2D eigenvalue weighted by atomic mass is 9.91. The van der Waals surface area contributed by atoms with Crippen molar-refractivity contribution in [1.82, 2.24) is 4.90 Å². The number of rotatable bonds is 2. The number of fused-ring (bicyclic) bond motifs is 1. The molecule has 0 radical (unpaired) electrons. The van der Waals surface area contributed by atoms with Crippen molar-refractivity contribution in [3.63, 3.8) is 0 Å². The molecule has 1 aliphatic carbocycles. The number of likely N-dealkylation sites (tertiary alicyclic amines) is 1. The van der Waals surface area contributed by atoms with Crippen LogP contribution in [-0.2, 0) is 9.53 Å². The van der Waals surface area contributed by atoms with E-state index in [1.807, 2.05) is 4.90 Å². The van der Waals surface area contributed by atoms with Gasteiger partial charge in [-0.15, -0.1) is 0 Å². The minimum atomic E-state index is 0.159. The number of hydrogen-bond acceptors (Lipinski definition) is 2. The van der Waals surface area contributed by atoms with Gasteiger partial charge >= 0.3 is 0 Å². The van der Waals surface area contributed by atoms with E-state index in [0.717, 1.165) is 36.8 Å². The molecule has 18 heavy (non-hydrogen) atoms. The quantitative estimate of drug-likeness (QED) is 0.759. The van der Waals surface area contributed by atoms with Gasteiger partial charge < -0.3 is 9.64 Å². The molecule has 0 spiro atoms. The second kappa shape index (κ2) is 7.13. The summed E-state index contributed by atoms with van der Waals surface area (Å²) in [7, 11) is 1.58. The summed E-state index contributed by atoms with van der Waals surface area (Å²) in [5.74, 6) is 3.25. The van der Waals surface area contributed by atoms with Gasteiger partial charge in [-0.3, -0.25) is 4.79 Å². The fourth-order valence-electron chi connectivity index (χ4n) is 3.27. The van der Waals surface area contributed by atoms with E-state index < -0.39 is 0 Å². The van der Waals surface area contributed by atoms with Gasteiger partial charge in [-0.2, -0.15) is 0 Å². The Morgan fingerprint density at radius 2 is 1.89 bits per heavy atom. The summed E-state index contributed by atoms with van der Waals surface area (Å²) < 4.78 is 4.89. The first-order valence-electron chi connectivity index (χ1n) is 7.31. The highest BCUT2D eigenvalue weighted by Crippen LogP contribution is 2.45. The van der Waals surface area contributed by atoms with Crippen LogP contribution in [0.15, 0.2) is 0 Å². The Balaban J connectivity index is 0.000000492. The zero-order valence-electron chi connectivity index (χ0n) is 12.6. The Morgan fingerprint density at radius 1 is 1.28 bits per heavy atom. The largest absolute Gasteiger partial charge is 0.375 e. The molecule has 2 aliphatic rings. The molecule has 3 heteroatoms. The van der Waals surface area contributed by atoms with Crippen LogP contribution in [0.25, 0.3) is 0 Å². The number of carbonyl (C=O) groups is 1. The molecule has 0 aromatic carbocycles. The molecule has 1 heterocycles. The number of hydrogen-bond donors (Lipinski definition) is 0. The van der Waals surface area contributed by atoms with E-state index in [2.05, 4.69) is 27.7 Å². The van der Waals surface area contributed by atoms with Crippen molar-refractivity contribution in [2.45, 2.75) is 40.5 Å². The lowest BCUT2D eigenvalue weighted by molar-refractivity contribution is -0.134. The number of amides is 1. The Bertz CT molecular complexity index is 267. The van der Waals surface area contributed by atoms with E-state index in [-0.39, 0.29) is 12.5 Å². The minimum Gasteiger partial charge on any atom is -0.375 e. The van der Waals surface area contributed by atoms with Crippen molar-refractivity contribution < 1.29 is 9.53 Å². The third-order valence-corrected chi connectivity index (χ3v) is 4.36. The Morgan fingerprint density at radius 3 is 2.39 bits per heavy atom. The van der Waals surface area contributed by atoms with Crippen molar-refractivity contribution in [3.8, 4) is 0 Å². The Labute approximate surface area is 112 Å². The molecule has 1 saturated heterocycles. The van der Waals surface area contributed by atoms with Crippen LogP contribution < -0.4 is 0 Å². The average Bonchev–Trinajstić information content (AvgIpc) is 2.82. The summed E-state index contributed by atoms with van der Waals surface area (Å²) in [4.78, 5) is 13.7. The van der Waals surface area contributed by atoms with Crippen LogP contribution in [0.3, 0.4) is 0 Å². The number of ether oxygens (including phenoxy) is 1. The smallest absolute Gasteiger partial charge is 0.248 e. The average molecular weight is 255 g/mol. The van der Waals surface area contributed by atoms with Crippen molar-refractivity contribution in [3.05, 3.63) is 0 Å². The highest BCUT2D eigenvalue weighted by molar-refractivity contribution is 5.77. The standard InChI is InChI=1S/C12H21NO2.C3H8/c1-8-4-10-5-13(12(14)7-15-3)6-11(10)9(8)2;1-3-2/h8-11H,4-7H2,1-3H3;3H2,1-2H3. The molecule has 0 aromatic rings. The first-order valence-corrected chi connectivity index (χ1v) is 7.31. The summed E-state index contributed by atoms with van der Waals surface area (Å²) >= 11 is 0. The molecule has 0 bridgehead atoms. The van der Waals surface area contributed by atoms with E-state index in [9.17, 15) is 4.79 Å². The highest BCUT2D eigenvalue weighted by atomic mass is 16.5. The van der Waals surface area contributed by atoms with Crippen LogP contribution in [0.1, 0.15) is 40.5 Å². The maximum absolute atomic E-state index is 11.7. The predicted octanol–water partition coefficient (Wildman–Crippen LogP) is 2.80. The molecule has 4 atom stereocenters. The number of carbonyl (C=O) groups excluding carboxylic acids is 1. The van der Waals surface area contributed by atoms with E-state index in [4.69, 9.17) is 4.74 Å². The molecular weight excluding hydrogens is 226 g/mol. The van der Waals surface area contributed by atoms with Gasteiger partial charge in [0.25, 0.3) is 0 Å². The topological polar surface area (TPSA) is 29.5 Å². The first kappa shape index (κ1) is 15.5. The minimum absolute atomic E-state index is 0.159. The van der Waals surface area contributed by atoms with E-state index in [1.165, 1.54) is 12.8 Å². The normalized spacial score (nSPS) is 33.9. The predicted molar refractivity (Wildman–Crippen MR) is 74.3 cm³/mol. The molecule has 4 unspecified atom stereocenters. The molecule has 1 amide bonds. The van der Waals surface area contributed by atoms with Crippen molar-refractivity contribution in [1.29, 1.82) is 0 Å². The van der Waals surface area contributed by atoms with E-state index in [1.54, 1.807) is 7.11 Å². The Kier molecular flexibility index (Phi) is 6.13. The van der Waals surface area contributed by atoms with Crippen molar-refractivity contribution in [2.75, 3.05) is 26.8 Å². The van der Waals surface area contributed by atoms with Gasteiger partial charge in [0.2, 0.25) is 5.91 Å². The van der Waals surface area contributed by atoms with Crippen molar-refractivity contribution >= 4 is 5.91 Å². The molecule has 106 valence electrons. The second-order valence-electron chi connectivity index (χ2n) is 5.93. The molecule has 0 N–H and O–H groups in total. The fraction of sp³-hybridized carbons (Fsp3) is 0.933. The van der Waals surface area contributed by atoms with Crippen LogP contribution in [0, 0.1) is 23.7 Å². The fourth-order valence-corrected chi connectivity index (χ4v) is 3.27. The molecule has 2 rings (SSSR count). The van der Waals surface area contributed by atoms with Gasteiger partial charge in [0, 0.05) is 20.2 Å². The maximum Gasteiger partial charge on any atom is 0.248 e. The van der Waals surface area contributed by atoms with Crippen LogP contribution in [0.2, 0.25) is 0 Å². The summed E-state index contributed by atoms with van der Waals surface area (Å²) in [6.45, 7) is 11.1. The van der Waals surface area contributed by atoms with Crippen LogP contribution in [-0.4, -0.2) is 37.6 Å². The summed E-state index contributed by atoms with van der Waals surface area (Å²) in [5, 5.41) is 0. The first-order chi connectivity index (χ1) is 8.54. The van der Waals surface area contributed by atoms with Crippen LogP contribution in [0.5, 0.6) is 0 Å². The summed E-state index contributed by atoms with van der Waals surface area (Å²) in [6.07, 6.45) is 2.54. The third-order valence-electron chi connectivity index (χ3n) is 4.36. The lowest BCUT2D eigenvalue weighted by Gasteiger charge is -2.20. The molecule has 1 saturated carbocycles. The maximum atomic E-state index is 11.7. The lowest BCUT2D eigenvalue weighted by Crippen LogP contribution is -2.33. The highest BCUT2D eigenvalue weighted by Gasteiger charge is 2.45. The molecule has 3 nitrogen and oxygen atoms in total. The molecule has 2 fully saturated rings. The van der Waals surface area contributed by atoms with Crippen LogP contribution in [0.4, 0.5) is 0 Å². The summed E-state index contributed by atoms with van der Waals surface area (Å²) in [5.41, 5.74) is 0. The van der Waals surface area contributed by atoms with E-state index >= 15 is 0 Å². The van der Waals surface area contributed by atoms with Crippen molar-refractivity contribution in [2.24, 2.45) is 23.7 Å². The van der Waals surface area contributed by atoms with Gasteiger partial charge in [-0.25, -0.2) is 0 Å². The van der Waals surface area contributed by atoms with E-state index in [0.29, 0.717) is 0 Å². The zero-order valence-corrected chi connectivity index (χ0v) is 12.6. The molecule has 0 aromatic heterocycles. The van der Waals surface area contributed by atoms with Gasteiger partial charge in [0.1, 0.15) is 6.61 Å². The molecular formula is C15H29NO2. The molecule has 1 aliphatic heterocycles. The second-order valence-corrected chi connectivity index (χ2v) is 5.93. The van der Waals surface area contributed by atoms with Crippen LogP contribution >= 0.6 is 0 Å². The summed E-state index contributed by atoms with van der Waals surface area (Å²) in [6, 6.07) is 0. The zero-order chi connectivity index (χ0) is 13.7. The van der Waals surface area contributed by atoms with Gasteiger partial charge in [-0.05, 0) is 30.1 Å². The monoisotopic (exact) mass is 255 g/mol. The third kappa shape index (κ3) is 3.47. The Hall–Kier alpha value is -0.570. The van der Waals surface area contributed by atoms with Gasteiger partial charge in [0.15, 0.2) is 0 Å². The number of methoxy groups -OCH3 is 1. The SMILES string of the molecule is CCC.COCC(=O)N1CC2CC(C)C(C)C2C1. The number of nitrogens with zero attached hydrogens (tertiary/aromatic N) is 1. The van der Waals surface area contributed by atoms with Gasteiger partial charge in [-0.1, -0.05) is 34.1 Å². The van der Waals surface area contributed by atoms with Gasteiger partial charge in [0.05, 0.1) is 0 Å².